The Labute approximate surface area is 143 Å². The summed E-state index contributed by atoms with van der Waals surface area (Å²) in [5.41, 5.74) is 6.72. The minimum Gasteiger partial charge on any atom is -0.389 e. The van der Waals surface area contributed by atoms with Gasteiger partial charge in [-0.1, -0.05) is 18.6 Å². The molecule has 1 saturated heterocycles. The van der Waals surface area contributed by atoms with E-state index in [4.69, 9.17) is 10.5 Å². The number of aliphatic hydroxyl groups is 1. The van der Waals surface area contributed by atoms with Gasteiger partial charge in [0.25, 0.3) is 0 Å². The minimum absolute atomic E-state index is 0.122. The van der Waals surface area contributed by atoms with Crippen molar-refractivity contribution < 1.29 is 14.2 Å². The summed E-state index contributed by atoms with van der Waals surface area (Å²) in [6.45, 7) is 5.65. The fourth-order valence-electron chi connectivity index (χ4n) is 4.19. The second-order valence-corrected chi connectivity index (χ2v) is 7.71. The molecule has 2 atom stereocenters. The summed E-state index contributed by atoms with van der Waals surface area (Å²) in [5, 5.41) is 10.9. The lowest BCUT2D eigenvalue weighted by atomic mass is 9.59. The molecule has 2 unspecified atom stereocenters. The number of β-amino-alcohol motifs (C(OH)–C–C–N with tert-alkyl or cyclic N) is 1. The average molecular weight is 336 g/mol. The molecule has 24 heavy (non-hydrogen) atoms. The summed E-state index contributed by atoms with van der Waals surface area (Å²) in [7, 11) is 0. The van der Waals surface area contributed by atoms with Crippen molar-refractivity contribution in [3.8, 4) is 0 Å². The molecule has 4 nitrogen and oxygen atoms in total. The summed E-state index contributed by atoms with van der Waals surface area (Å²) < 4.78 is 18.6. The van der Waals surface area contributed by atoms with Crippen LogP contribution < -0.4 is 5.73 Å². The van der Waals surface area contributed by atoms with Crippen molar-refractivity contribution in [2.75, 3.05) is 32.8 Å². The molecule has 1 heterocycles. The molecule has 0 spiro atoms. The van der Waals surface area contributed by atoms with Crippen molar-refractivity contribution in [3.63, 3.8) is 0 Å². The van der Waals surface area contributed by atoms with E-state index in [-0.39, 0.29) is 17.3 Å². The third-order valence-corrected chi connectivity index (χ3v) is 5.70. The maximum atomic E-state index is 13.2. The third-order valence-electron chi connectivity index (χ3n) is 5.70. The zero-order valence-electron chi connectivity index (χ0n) is 14.5. The Morgan fingerprint density at radius 3 is 2.46 bits per heavy atom. The highest BCUT2D eigenvalue weighted by Crippen LogP contribution is 2.47. The van der Waals surface area contributed by atoms with E-state index in [1.54, 1.807) is 0 Å². The summed E-state index contributed by atoms with van der Waals surface area (Å²) in [6.07, 6.45) is 3.69. The molecule has 0 amide bonds. The lowest BCUT2D eigenvalue weighted by Crippen LogP contribution is -2.55. The monoisotopic (exact) mass is 336 g/mol. The highest BCUT2D eigenvalue weighted by molar-refractivity contribution is 5.31. The van der Waals surface area contributed by atoms with Crippen molar-refractivity contribution >= 4 is 0 Å². The first-order valence-electron chi connectivity index (χ1n) is 8.95. The van der Waals surface area contributed by atoms with E-state index in [0.717, 1.165) is 51.1 Å². The molecule has 1 aromatic rings. The molecule has 0 aromatic heterocycles. The molecule has 3 N–H and O–H groups in total. The Balaban J connectivity index is 1.67. The van der Waals surface area contributed by atoms with Crippen LogP contribution in [-0.4, -0.2) is 54.5 Å². The first-order chi connectivity index (χ1) is 11.4. The molecular formula is C19H29FN2O2. The van der Waals surface area contributed by atoms with Crippen LogP contribution in [0, 0.1) is 5.82 Å². The standard InChI is InChI=1S/C19H29FN2O2/c1-18(23,14-22-9-11-24-12-10-22)13-17(21)19(7-2-8-19)15-3-5-16(20)6-4-15/h3-6,17,23H,2,7-14,21H2,1H3. The Morgan fingerprint density at radius 1 is 1.29 bits per heavy atom. The van der Waals surface area contributed by atoms with Crippen molar-refractivity contribution in [2.45, 2.75) is 49.7 Å². The van der Waals surface area contributed by atoms with Crippen LogP contribution in [0.15, 0.2) is 24.3 Å². The Bertz CT molecular complexity index is 537. The second kappa shape index (κ2) is 7.08. The predicted octanol–water partition coefficient (Wildman–Crippen LogP) is 2.05. The van der Waals surface area contributed by atoms with Gasteiger partial charge >= 0.3 is 0 Å². The molecule has 1 aromatic carbocycles. The largest absolute Gasteiger partial charge is 0.389 e. The number of nitrogens with two attached hydrogens (primary N) is 1. The maximum absolute atomic E-state index is 13.2. The third kappa shape index (κ3) is 3.80. The van der Waals surface area contributed by atoms with Crippen LogP contribution in [0.25, 0.3) is 0 Å². The lowest BCUT2D eigenvalue weighted by molar-refractivity contribution is -0.0358. The van der Waals surface area contributed by atoms with E-state index in [2.05, 4.69) is 4.90 Å². The SMILES string of the molecule is CC(O)(CC(N)C1(c2ccc(F)cc2)CCC1)CN1CCOCC1. The predicted molar refractivity (Wildman–Crippen MR) is 92.4 cm³/mol. The van der Waals surface area contributed by atoms with Gasteiger partial charge in [-0.3, -0.25) is 4.90 Å². The van der Waals surface area contributed by atoms with Gasteiger partial charge in [-0.05, 0) is 43.9 Å². The van der Waals surface area contributed by atoms with Crippen LogP contribution in [-0.2, 0) is 10.2 Å². The van der Waals surface area contributed by atoms with Crippen LogP contribution in [0.1, 0.15) is 38.2 Å². The fourth-order valence-corrected chi connectivity index (χ4v) is 4.19. The topological polar surface area (TPSA) is 58.7 Å². The molecular weight excluding hydrogens is 307 g/mol. The molecule has 134 valence electrons. The molecule has 2 aliphatic rings. The molecule has 0 bridgehead atoms. The Hall–Kier alpha value is -1.01. The molecule has 1 aliphatic heterocycles. The minimum atomic E-state index is -0.834. The molecule has 2 fully saturated rings. The van der Waals surface area contributed by atoms with E-state index >= 15 is 0 Å². The van der Waals surface area contributed by atoms with Gasteiger partial charge in [-0.15, -0.1) is 0 Å². The number of hydrogen-bond donors (Lipinski definition) is 2. The number of nitrogens with zero attached hydrogens (tertiary/aromatic N) is 1. The molecule has 5 heteroatoms. The first kappa shape index (κ1) is 17.8. The smallest absolute Gasteiger partial charge is 0.123 e. The molecule has 1 saturated carbocycles. The second-order valence-electron chi connectivity index (χ2n) is 7.71. The van der Waals surface area contributed by atoms with E-state index in [9.17, 15) is 9.50 Å². The van der Waals surface area contributed by atoms with Gasteiger partial charge < -0.3 is 15.6 Å². The van der Waals surface area contributed by atoms with Gasteiger partial charge in [0.05, 0.1) is 18.8 Å². The summed E-state index contributed by atoms with van der Waals surface area (Å²) in [5.74, 6) is -0.221. The van der Waals surface area contributed by atoms with Crippen LogP contribution in [0.5, 0.6) is 0 Å². The first-order valence-corrected chi connectivity index (χ1v) is 8.95. The highest BCUT2D eigenvalue weighted by atomic mass is 19.1. The van der Waals surface area contributed by atoms with Gasteiger partial charge in [0.15, 0.2) is 0 Å². The van der Waals surface area contributed by atoms with Crippen molar-refractivity contribution in [2.24, 2.45) is 5.73 Å². The van der Waals surface area contributed by atoms with Crippen LogP contribution in [0.4, 0.5) is 4.39 Å². The summed E-state index contributed by atoms with van der Waals surface area (Å²) in [4.78, 5) is 2.24. The number of hydrogen-bond acceptors (Lipinski definition) is 4. The van der Waals surface area contributed by atoms with Crippen molar-refractivity contribution in [3.05, 3.63) is 35.6 Å². The van der Waals surface area contributed by atoms with Gasteiger partial charge in [0.1, 0.15) is 5.82 Å². The molecule has 3 rings (SSSR count). The zero-order valence-corrected chi connectivity index (χ0v) is 14.5. The number of halogens is 1. The normalized spacial score (nSPS) is 24.8. The summed E-state index contributed by atoms with van der Waals surface area (Å²) >= 11 is 0. The highest BCUT2D eigenvalue weighted by Gasteiger charge is 2.46. The van der Waals surface area contributed by atoms with Crippen LogP contribution in [0.3, 0.4) is 0 Å². The number of benzene rings is 1. The van der Waals surface area contributed by atoms with Gasteiger partial charge in [-0.25, -0.2) is 4.39 Å². The van der Waals surface area contributed by atoms with E-state index < -0.39 is 5.60 Å². The van der Waals surface area contributed by atoms with Crippen molar-refractivity contribution in [1.82, 2.24) is 4.90 Å². The molecule has 0 radical (unpaired) electrons. The summed E-state index contributed by atoms with van der Waals surface area (Å²) in [6, 6.07) is 6.59. The number of ether oxygens (including phenoxy) is 1. The zero-order chi connectivity index (χ0) is 17.2. The molecule has 1 aliphatic carbocycles. The van der Waals surface area contributed by atoms with Gasteiger partial charge in [-0.2, -0.15) is 0 Å². The van der Waals surface area contributed by atoms with E-state index in [1.165, 1.54) is 12.1 Å². The van der Waals surface area contributed by atoms with Crippen LogP contribution >= 0.6 is 0 Å². The van der Waals surface area contributed by atoms with Gasteiger partial charge in [0, 0.05) is 31.1 Å². The number of rotatable bonds is 6. The van der Waals surface area contributed by atoms with Crippen molar-refractivity contribution in [1.29, 1.82) is 0 Å². The lowest BCUT2D eigenvalue weighted by Gasteiger charge is -2.49. The van der Waals surface area contributed by atoms with Gasteiger partial charge in [0.2, 0.25) is 0 Å². The Morgan fingerprint density at radius 2 is 1.92 bits per heavy atom. The van der Waals surface area contributed by atoms with Crippen LogP contribution in [0.2, 0.25) is 0 Å². The maximum Gasteiger partial charge on any atom is 0.123 e. The number of morpholine rings is 1. The van der Waals surface area contributed by atoms with E-state index in [0.29, 0.717) is 13.0 Å². The quantitative estimate of drug-likeness (QED) is 0.835. The average Bonchev–Trinajstić information content (AvgIpc) is 2.48. The fraction of sp³-hybridized carbons (Fsp3) is 0.684. The van der Waals surface area contributed by atoms with E-state index in [1.807, 2.05) is 19.1 Å². The Kier molecular flexibility index (Phi) is 5.25.